The second kappa shape index (κ2) is 7.52. The summed E-state index contributed by atoms with van der Waals surface area (Å²) in [6, 6.07) is 13.1. The van der Waals surface area contributed by atoms with E-state index in [1.54, 1.807) is 42.5 Å². The number of benzene rings is 1. The Morgan fingerprint density at radius 3 is 2.69 bits per heavy atom. The number of nitrogens with two attached hydrogens (primary N) is 1. The van der Waals surface area contributed by atoms with Gasteiger partial charge in [-0.05, 0) is 36.4 Å². The molecule has 0 aliphatic rings. The molecule has 0 unspecified atom stereocenters. The van der Waals surface area contributed by atoms with Gasteiger partial charge in [0, 0.05) is 18.1 Å². The zero-order valence-electron chi connectivity index (χ0n) is 14.1. The standard InChI is InChI=1S/C19H17N3O4/c1-2-14-7-8-16(25-14)19(24)22-13-6-9-17(21-11-13)26-15-5-3-4-12(10-15)18(20)23/h3-11H,2H2,1H3,(H2,20,23)(H,22,24). The first-order valence-corrected chi connectivity index (χ1v) is 7.99. The van der Waals surface area contributed by atoms with Gasteiger partial charge in [0.05, 0.1) is 11.9 Å². The predicted molar refractivity (Wildman–Crippen MR) is 95.3 cm³/mol. The Hall–Kier alpha value is -3.61. The smallest absolute Gasteiger partial charge is 0.291 e. The van der Waals surface area contributed by atoms with Crippen molar-refractivity contribution in [3.05, 3.63) is 71.8 Å². The molecule has 26 heavy (non-hydrogen) atoms. The van der Waals surface area contributed by atoms with Crippen molar-refractivity contribution in [1.82, 2.24) is 4.98 Å². The van der Waals surface area contributed by atoms with E-state index in [9.17, 15) is 9.59 Å². The Morgan fingerprint density at radius 2 is 2.04 bits per heavy atom. The zero-order valence-corrected chi connectivity index (χ0v) is 14.1. The fourth-order valence-electron chi connectivity index (χ4n) is 2.23. The number of primary amides is 1. The summed E-state index contributed by atoms with van der Waals surface area (Å²) in [5.41, 5.74) is 6.09. The van der Waals surface area contributed by atoms with Gasteiger partial charge in [0.2, 0.25) is 11.8 Å². The molecule has 2 aromatic heterocycles. The van der Waals surface area contributed by atoms with Crippen LogP contribution in [0, 0.1) is 0 Å². The molecule has 0 aliphatic heterocycles. The number of nitrogens with zero attached hydrogens (tertiary/aromatic N) is 1. The first-order valence-electron chi connectivity index (χ1n) is 7.99. The van der Waals surface area contributed by atoms with E-state index in [1.165, 1.54) is 12.3 Å². The number of hydrogen-bond acceptors (Lipinski definition) is 5. The summed E-state index contributed by atoms with van der Waals surface area (Å²) in [4.78, 5) is 27.4. The quantitative estimate of drug-likeness (QED) is 0.708. The van der Waals surface area contributed by atoms with Gasteiger partial charge in [-0.25, -0.2) is 4.98 Å². The van der Waals surface area contributed by atoms with E-state index in [4.69, 9.17) is 14.9 Å². The van der Waals surface area contributed by atoms with E-state index < -0.39 is 5.91 Å². The van der Waals surface area contributed by atoms with Crippen LogP contribution >= 0.6 is 0 Å². The third-order valence-corrected chi connectivity index (χ3v) is 3.57. The maximum absolute atomic E-state index is 12.1. The first kappa shape index (κ1) is 17.2. The molecule has 2 amide bonds. The molecule has 3 N–H and O–H groups in total. The van der Waals surface area contributed by atoms with E-state index >= 15 is 0 Å². The van der Waals surface area contributed by atoms with Crippen molar-refractivity contribution in [1.29, 1.82) is 0 Å². The maximum Gasteiger partial charge on any atom is 0.291 e. The highest BCUT2D eigenvalue weighted by Crippen LogP contribution is 2.22. The minimum atomic E-state index is -0.536. The number of aromatic nitrogens is 1. The molecular weight excluding hydrogens is 334 g/mol. The van der Waals surface area contributed by atoms with Crippen LogP contribution in [-0.2, 0) is 6.42 Å². The van der Waals surface area contributed by atoms with Crippen LogP contribution in [0.5, 0.6) is 11.6 Å². The molecule has 3 rings (SSSR count). The SMILES string of the molecule is CCc1ccc(C(=O)Nc2ccc(Oc3cccc(C(N)=O)c3)nc2)o1. The van der Waals surface area contributed by atoms with E-state index in [2.05, 4.69) is 10.3 Å². The molecule has 0 saturated carbocycles. The summed E-state index contributed by atoms with van der Waals surface area (Å²) in [6.45, 7) is 1.95. The third kappa shape index (κ3) is 4.07. The summed E-state index contributed by atoms with van der Waals surface area (Å²) in [5.74, 6) is 0.852. The Labute approximate surface area is 149 Å². The van der Waals surface area contributed by atoms with Crippen LogP contribution in [0.2, 0.25) is 0 Å². The van der Waals surface area contributed by atoms with Crippen molar-refractivity contribution in [3.63, 3.8) is 0 Å². The molecule has 7 nitrogen and oxygen atoms in total. The van der Waals surface area contributed by atoms with Gasteiger partial charge in [-0.1, -0.05) is 13.0 Å². The van der Waals surface area contributed by atoms with Gasteiger partial charge in [0.1, 0.15) is 11.5 Å². The van der Waals surface area contributed by atoms with Crippen LogP contribution < -0.4 is 15.8 Å². The van der Waals surface area contributed by atoms with Crippen molar-refractivity contribution in [3.8, 4) is 11.6 Å². The van der Waals surface area contributed by atoms with E-state index in [-0.39, 0.29) is 11.7 Å². The average molecular weight is 351 g/mol. The lowest BCUT2D eigenvalue weighted by molar-refractivity contribution is 0.0989. The predicted octanol–water partition coefficient (Wildman–Crippen LogP) is 3.38. The Kier molecular flexibility index (Phi) is 4.98. The molecule has 2 heterocycles. The summed E-state index contributed by atoms with van der Waals surface area (Å²) < 4.78 is 11.0. The number of ether oxygens (including phenoxy) is 1. The molecule has 0 bridgehead atoms. The number of amides is 2. The van der Waals surface area contributed by atoms with Crippen LogP contribution in [0.15, 0.2) is 59.1 Å². The Morgan fingerprint density at radius 1 is 1.19 bits per heavy atom. The van der Waals surface area contributed by atoms with Crippen molar-refractivity contribution < 1.29 is 18.7 Å². The average Bonchev–Trinajstić information content (AvgIpc) is 3.13. The highest BCUT2D eigenvalue weighted by Gasteiger charge is 2.11. The number of furan rings is 1. The van der Waals surface area contributed by atoms with Gasteiger partial charge in [0.25, 0.3) is 5.91 Å². The van der Waals surface area contributed by atoms with Crippen molar-refractivity contribution in [2.45, 2.75) is 13.3 Å². The van der Waals surface area contributed by atoms with E-state index in [0.29, 0.717) is 22.9 Å². The van der Waals surface area contributed by atoms with Crippen LogP contribution in [0.3, 0.4) is 0 Å². The molecular formula is C19H17N3O4. The van der Waals surface area contributed by atoms with Crippen LogP contribution in [-0.4, -0.2) is 16.8 Å². The Bertz CT molecular complexity index is 932. The van der Waals surface area contributed by atoms with Crippen LogP contribution in [0.1, 0.15) is 33.6 Å². The molecule has 3 aromatic rings. The fraction of sp³-hybridized carbons (Fsp3) is 0.105. The van der Waals surface area contributed by atoms with Gasteiger partial charge in [-0.15, -0.1) is 0 Å². The highest BCUT2D eigenvalue weighted by molar-refractivity contribution is 6.02. The molecule has 0 fully saturated rings. The molecule has 0 saturated heterocycles. The lowest BCUT2D eigenvalue weighted by Crippen LogP contribution is -2.11. The second-order valence-electron chi connectivity index (χ2n) is 5.45. The van der Waals surface area contributed by atoms with Gasteiger partial charge < -0.3 is 20.2 Å². The summed E-state index contributed by atoms with van der Waals surface area (Å²) in [7, 11) is 0. The van der Waals surface area contributed by atoms with Gasteiger partial charge >= 0.3 is 0 Å². The Balaban J connectivity index is 1.65. The number of rotatable bonds is 6. The number of anilines is 1. The van der Waals surface area contributed by atoms with Crippen molar-refractivity contribution in [2.24, 2.45) is 5.73 Å². The number of hydrogen-bond donors (Lipinski definition) is 2. The summed E-state index contributed by atoms with van der Waals surface area (Å²) in [5, 5.41) is 2.70. The second-order valence-corrected chi connectivity index (χ2v) is 5.45. The van der Waals surface area contributed by atoms with E-state index in [0.717, 1.165) is 12.2 Å². The highest BCUT2D eigenvalue weighted by atomic mass is 16.5. The minimum Gasteiger partial charge on any atom is -0.456 e. The normalized spacial score (nSPS) is 10.3. The molecule has 1 aromatic carbocycles. The monoisotopic (exact) mass is 351 g/mol. The molecule has 132 valence electrons. The van der Waals surface area contributed by atoms with Gasteiger partial charge in [-0.3, -0.25) is 9.59 Å². The van der Waals surface area contributed by atoms with Gasteiger partial charge in [0.15, 0.2) is 5.76 Å². The topological polar surface area (TPSA) is 107 Å². The zero-order chi connectivity index (χ0) is 18.5. The third-order valence-electron chi connectivity index (χ3n) is 3.57. The number of carbonyl (C=O) groups excluding carboxylic acids is 2. The van der Waals surface area contributed by atoms with Crippen molar-refractivity contribution in [2.75, 3.05) is 5.32 Å². The number of pyridine rings is 1. The number of aryl methyl sites for hydroxylation is 1. The number of nitrogens with one attached hydrogen (secondary N) is 1. The lowest BCUT2D eigenvalue weighted by Gasteiger charge is -2.07. The summed E-state index contributed by atoms with van der Waals surface area (Å²) >= 11 is 0. The first-order chi connectivity index (χ1) is 12.5. The fourth-order valence-corrected chi connectivity index (χ4v) is 2.23. The van der Waals surface area contributed by atoms with Crippen molar-refractivity contribution >= 4 is 17.5 Å². The molecule has 0 radical (unpaired) electrons. The molecule has 7 heteroatoms. The van der Waals surface area contributed by atoms with Crippen LogP contribution in [0.25, 0.3) is 0 Å². The van der Waals surface area contributed by atoms with Crippen LogP contribution in [0.4, 0.5) is 5.69 Å². The lowest BCUT2D eigenvalue weighted by atomic mass is 10.2. The molecule has 0 atom stereocenters. The minimum absolute atomic E-state index is 0.241. The molecule has 0 spiro atoms. The molecule has 0 aliphatic carbocycles. The van der Waals surface area contributed by atoms with E-state index in [1.807, 2.05) is 6.92 Å². The van der Waals surface area contributed by atoms with Gasteiger partial charge in [-0.2, -0.15) is 0 Å². The largest absolute Gasteiger partial charge is 0.456 e. The summed E-state index contributed by atoms with van der Waals surface area (Å²) in [6.07, 6.45) is 2.19. The maximum atomic E-state index is 12.1. The number of carbonyl (C=O) groups is 2.